The molecule has 1 unspecified atom stereocenters. The Balaban J connectivity index is 2.10. The largest absolute Gasteiger partial charge is 0.467 e. The SMILES string of the molecule is COC(=O)C(Nc1ccc(Br)cc1)C1CCCCCC1. The number of hydrogen-bond acceptors (Lipinski definition) is 3. The van der Waals surface area contributed by atoms with E-state index in [-0.39, 0.29) is 12.0 Å². The maximum absolute atomic E-state index is 12.1. The fourth-order valence-corrected chi connectivity index (χ4v) is 3.13. The lowest BCUT2D eigenvalue weighted by Gasteiger charge is -2.25. The van der Waals surface area contributed by atoms with Crippen molar-refractivity contribution in [1.82, 2.24) is 0 Å². The maximum Gasteiger partial charge on any atom is 0.328 e. The minimum atomic E-state index is -0.237. The smallest absolute Gasteiger partial charge is 0.328 e. The number of nitrogens with one attached hydrogen (secondary N) is 1. The van der Waals surface area contributed by atoms with Crippen molar-refractivity contribution in [1.29, 1.82) is 0 Å². The zero-order chi connectivity index (χ0) is 14.4. The Kier molecular flexibility index (Phi) is 5.89. The molecule has 0 heterocycles. The molecule has 1 atom stereocenters. The summed E-state index contributed by atoms with van der Waals surface area (Å²) in [6.45, 7) is 0. The molecule has 110 valence electrons. The Labute approximate surface area is 129 Å². The highest BCUT2D eigenvalue weighted by atomic mass is 79.9. The number of hydrogen-bond donors (Lipinski definition) is 1. The van der Waals surface area contributed by atoms with E-state index in [1.54, 1.807) is 0 Å². The van der Waals surface area contributed by atoms with Crippen molar-refractivity contribution < 1.29 is 9.53 Å². The van der Waals surface area contributed by atoms with E-state index in [1.165, 1.54) is 32.8 Å². The molecule has 1 aromatic carbocycles. The normalized spacial score (nSPS) is 18.1. The second kappa shape index (κ2) is 7.67. The monoisotopic (exact) mass is 339 g/mol. The van der Waals surface area contributed by atoms with E-state index in [4.69, 9.17) is 4.74 Å². The molecular weight excluding hydrogens is 318 g/mol. The predicted molar refractivity (Wildman–Crippen MR) is 84.8 cm³/mol. The molecule has 1 aliphatic carbocycles. The quantitative estimate of drug-likeness (QED) is 0.653. The van der Waals surface area contributed by atoms with Gasteiger partial charge in [-0.05, 0) is 43.0 Å². The Hall–Kier alpha value is -1.03. The third kappa shape index (κ3) is 4.23. The Morgan fingerprint density at radius 1 is 1.20 bits per heavy atom. The van der Waals surface area contributed by atoms with E-state index < -0.39 is 0 Å². The van der Waals surface area contributed by atoms with Gasteiger partial charge in [0.15, 0.2) is 0 Å². The average molecular weight is 340 g/mol. The lowest BCUT2D eigenvalue weighted by atomic mass is 9.91. The van der Waals surface area contributed by atoms with Crippen molar-refractivity contribution >= 4 is 27.6 Å². The summed E-state index contributed by atoms with van der Waals surface area (Å²) in [5.74, 6) is 0.216. The molecule has 0 aliphatic heterocycles. The lowest BCUT2D eigenvalue weighted by Crippen LogP contribution is -2.37. The second-order valence-electron chi connectivity index (χ2n) is 5.40. The third-order valence-corrected chi connectivity index (χ3v) is 4.52. The van der Waals surface area contributed by atoms with Gasteiger partial charge in [-0.25, -0.2) is 4.79 Å². The molecule has 1 fully saturated rings. The maximum atomic E-state index is 12.1. The number of esters is 1. The topological polar surface area (TPSA) is 38.3 Å². The molecule has 20 heavy (non-hydrogen) atoms. The molecule has 1 aliphatic rings. The zero-order valence-electron chi connectivity index (χ0n) is 11.9. The van der Waals surface area contributed by atoms with Gasteiger partial charge in [0.2, 0.25) is 0 Å². The van der Waals surface area contributed by atoms with Gasteiger partial charge in [0.1, 0.15) is 6.04 Å². The molecule has 0 amide bonds. The van der Waals surface area contributed by atoms with Crippen LogP contribution in [0, 0.1) is 5.92 Å². The van der Waals surface area contributed by atoms with Crippen LogP contribution in [0.5, 0.6) is 0 Å². The number of methoxy groups -OCH3 is 1. The molecule has 1 saturated carbocycles. The van der Waals surface area contributed by atoms with E-state index in [1.807, 2.05) is 24.3 Å². The molecule has 1 N–H and O–H groups in total. The standard InChI is InChI=1S/C16H22BrNO2/c1-20-16(19)15(12-6-4-2-3-5-7-12)18-14-10-8-13(17)9-11-14/h8-12,15,18H,2-7H2,1H3. The van der Waals surface area contributed by atoms with Crippen LogP contribution in [0.25, 0.3) is 0 Å². The second-order valence-corrected chi connectivity index (χ2v) is 6.32. The summed E-state index contributed by atoms with van der Waals surface area (Å²) in [6, 6.07) is 7.68. The van der Waals surface area contributed by atoms with Crippen LogP contribution >= 0.6 is 15.9 Å². The zero-order valence-corrected chi connectivity index (χ0v) is 13.5. The van der Waals surface area contributed by atoms with Gasteiger partial charge in [-0.2, -0.15) is 0 Å². The molecule has 3 nitrogen and oxygen atoms in total. The van der Waals surface area contributed by atoms with Crippen LogP contribution < -0.4 is 5.32 Å². The van der Waals surface area contributed by atoms with Gasteiger partial charge in [0.25, 0.3) is 0 Å². The van der Waals surface area contributed by atoms with Crippen LogP contribution in [0.2, 0.25) is 0 Å². The van der Waals surface area contributed by atoms with E-state index in [0.29, 0.717) is 5.92 Å². The van der Waals surface area contributed by atoms with Crippen LogP contribution in [-0.4, -0.2) is 19.1 Å². The molecule has 2 rings (SSSR count). The molecule has 1 aromatic rings. The Morgan fingerprint density at radius 3 is 2.35 bits per heavy atom. The van der Waals surface area contributed by atoms with Gasteiger partial charge in [0.05, 0.1) is 7.11 Å². The van der Waals surface area contributed by atoms with E-state index in [2.05, 4.69) is 21.2 Å². The minimum Gasteiger partial charge on any atom is -0.467 e. The van der Waals surface area contributed by atoms with Crippen molar-refractivity contribution in [2.24, 2.45) is 5.92 Å². The number of anilines is 1. The number of ether oxygens (including phenoxy) is 1. The van der Waals surface area contributed by atoms with Crippen LogP contribution in [-0.2, 0) is 9.53 Å². The van der Waals surface area contributed by atoms with Crippen LogP contribution in [0.4, 0.5) is 5.69 Å². The van der Waals surface area contributed by atoms with Crippen molar-refractivity contribution in [3.63, 3.8) is 0 Å². The highest BCUT2D eigenvalue weighted by Gasteiger charge is 2.29. The number of rotatable bonds is 4. The third-order valence-electron chi connectivity index (χ3n) is 3.99. The van der Waals surface area contributed by atoms with Gasteiger partial charge in [-0.1, -0.05) is 41.6 Å². The van der Waals surface area contributed by atoms with Gasteiger partial charge in [-0.3, -0.25) is 0 Å². The van der Waals surface area contributed by atoms with Crippen LogP contribution in [0.15, 0.2) is 28.7 Å². The molecule has 0 aromatic heterocycles. The van der Waals surface area contributed by atoms with Gasteiger partial charge in [-0.15, -0.1) is 0 Å². The Bertz CT molecular complexity index is 425. The van der Waals surface area contributed by atoms with Gasteiger partial charge < -0.3 is 10.1 Å². The number of benzene rings is 1. The van der Waals surface area contributed by atoms with E-state index in [9.17, 15) is 4.79 Å². The highest BCUT2D eigenvalue weighted by Crippen LogP contribution is 2.28. The van der Waals surface area contributed by atoms with Gasteiger partial charge >= 0.3 is 5.97 Å². The van der Waals surface area contributed by atoms with Crippen LogP contribution in [0.1, 0.15) is 38.5 Å². The summed E-state index contributed by atoms with van der Waals surface area (Å²) in [5, 5.41) is 3.36. The summed E-state index contributed by atoms with van der Waals surface area (Å²) >= 11 is 3.42. The number of carbonyl (C=O) groups excluding carboxylic acids is 1. The first-order valence-corrected chi connectivity index (χ1v) is 8.10. The Morgan fingerprint density at radius 2 is 1.80 bits per heavy atom. The first-order chi connectivity index (χ1) is 9.70. The minimum absolute atomic E-state index is 0.153. The van der Waals surface area contributed by atoms with E-state index in [0.717, 1.165) is 23.0 Å². The predicted octanol–water partition coefficient (Wildman–Crippen LogP) is 4.37. The van der Waals surface area contributed by atoms with Crippen molar-refractivity contribution in [3.8, 4) is 0 Å². The first-order valence-electron chi connectivity index (χ1n) is 7.30. The molecule has 0 bridgehead atoms. The lowest BCUT2D eigenvalue weighted by molar-refractivity contribution is -0.142. The summed E-state index contributed by atoms with van der Waals surface area (Å²) in [4.78, 5) is 12.1. The molecule has 0 spiro atoms. The average Bonchev–Trinajstić information content (AvgIpc) is 2.75. The summed E-state index contributed by atoms with van der Waals surface area (Å²) in [5.41, 5.74) is 0.966. The van der Waals surface area contributed by atoms with E-state index >= 15 is 0 Å². The molecular formula is C16H22BrNO2. The van der Waals surface area contributed by atoms with Crippen molar-refractivity contribution in [3.05, 3.63) is 28.7 Å². The summed E-state index contributed by atoms with van der Waals surface area (Å²) in [7, 11) is 1.47. The van der Waals surface area contributed by atoms with Gasteiger partial charge in [0, 0.05) is 10.2 Å². The van der Waals surface area contributed by atoms with Crippen LogP contribution in [0.3, 0.4) is 0 Å². The molecule has 0 saturated heterocycles. The number of carbonyl (C=O) groups is 1. The van der Waals surface area contributed by atoms with Crippen molar-refractivity contribution in [2.45, 2.75) is 44.6 Å². The first kappa shape index (κ1) is 15.4. The fourth-order valence-electron chi connectivity index (χ4n) is 2.87. The molecule has 0 radical (unpaired) electrons. The fraction of sp³-hybridized carbons (Fsp3) is 0.562. The molecule has 4 heteroatoms. The summed E-state index contributed by atoms with van der Waals surface area (Å²) in [6.07, 6.45) is 7.18. The number of halogens is 1. The van der Waals surface area contributed by atoms with Crippen molar-refractivity contribution in [2.75, 3.05) is 12.4 Å². The highest BCUT2D eigenvalue weighted by molar-refractivity contribution is 9.10. The summed E-state index contributed by atoms with van der Waals surface area (Å²) < 4.78 is 6.03.